The summed E-state index contributed by atoms with van der Waals surface area (Å²) < 4.78 is 26.8. The van der Waals surface area contributed by atoms with Gasteiger partial charge in [0.25, 0.3) is 0 Å². The highest BCUT2D eigenvalue weighted by Gasteiger charge is 2.17. The molecule has 0 heterocycles. The lowest BCUT2D eigenvalue weighted by molar-refractivity contribution is -0.167. The van der Waals surface area contributed by atoms with Crippen LogP contribution in [0.4, 0.5) is 8.78 Å². The second kappa shape index (κ2) is 5.03. The van der Waals surface area contributed by atoms with Crippen molar-refractivity contribution in [2.45, 2.75) is 13.3 Å². The highest BCUT2D eigenvalue weighted by atomic mass is 19.1. The van der Waals surface area contributed by atoms with Crippen LogP contribution >= 0.6 is 0 Å². The van der Waals surface area contributed by atoms with E-state index in [-0.39, 0.29) is 12.0 Å². The lowest BCUT2D eigenvalue weighted by Gasteiger charge is -2.14. The number of hydroxylamine groups is 2. The second-order valence-electron chi connectivity index (χ2n) is 3.41. The maximum atomic E-state index is 13.5. The molecule has 0 N–H and O–H groups in total. The molecular formula is C11H13F2NO2. The lowest BCUT2D eigenvalue weighted by atomic mass is 10.1. The molecule has 1 aromatic carbocycles. The molecule has 0 aliphatic rings. The Balaban J connectivity index is 2.97. The summed E-state index contributed by atoms with van der Waals surface area (Å²) in [6.45, 7) is 1.52. The van der Waals surface area contributed by atoms with Crippen molar-refractivity contribution in [1.29, 1.82) is 0 Å². The van der Waals surface area contributed by atoms with Gasteiger partial charge in [0.15, 0.2) is 0 Å². The lowest BCUT2D eigenvalue weighted by Crippen LogP contribution is -2.27. The standard InChI is InChI=1S/C11H13F2NO2/c1-7-4-5-9(12)8(11(7)13)6-10(15)14(2)16-3/h4-5H,6H2,1-3H3. The molecule has 0 unspecified atom stereocenters. The number of halogens is 2. The first-order valence-corrected chi connectivity index (χ1v) is 4.71. The van der Waals surface area contributed by atoms with Gasteiger partial charge in [-0.2, -0.15) is 0 Å². The summed E-state index contributed by atoms with van der Waals surface area (Å²) in [6, 6.07) is 2.48. The monoisotopic (exact) mass is 229 g/mol. The molecule has 0 aliphatic heterocycles. The van der Waals surface area contributed by atoms with E-state index in [4.69, 9.17) is 0 Å². The summed E-state index contributed by atoms with van der Waals surface area (Å²) in [5.41, 5.74) is 0.0816. The van der Waals surface area contributed by atoms with Crippen LogP contribution in [0.1, 0.15) is 11.1 Å². The van der Waals surface area contributed by atoms with Crippen LogP contribution in [0.15, 0.2) is 12.1 Å². The van der Waals surface area contributed by atoms with Crippen molar-refractivity contribution in [3.05, 3.63) is 34.9 Å². The summed E-state index contributed by atoms with van der Waals surface area (Å²) in [5, 5.41) is 0.932. The van der Waals surface area contributed by atoms with Gasteiger partial charge in [-0.05, 0) is 18.6 Å². The molecule has 16 heavy (non-hydrogen) atoms. The van der Waals surface area contributed by atoms with Crippen LogP contribution in [0.2, 0.25) is 0 Å². The quantitative estimate of drug-likeness (QED) is 0.740. The molecule has 0 spiro atoms. The zero-order valence-electron chi connectivity index (χ0n) is 9.38. The van der Waals surface area contributed by atoms with Crippen molar-refractivity contribution >= 4 is 5.91 Å². The highest BCUT2D eigenvalue weighted by molar-refractivity contribution is 5.77. The van der Waals surface area contributed by atoms with E-state index in [0.29, 0.717) is 5.56 Å². The molecule has 0 aromatic heterocycles. The molecule has 0 radical (unpaired) electrons. The fraction of sp³-hybridized carbons (Fsp3) is 0.364. The Hall–Kier alpha value is -1.49. The molecule has 3 nitrogen and oxygen atoms in total. The molecule has 0 saturated heterocycles. The minimum atomic E-state index is -0.721. The van der Waals surface area contributed by atoms with E-state index < -0.39 is 17.5 Å². The maximum Gasteiger partial charge on any atom is 0.250 e. The third kappa shape index (κ3) is 2.55. The summed E-state index contributed by atoms with van der Waals surface area (Å²) >= 11 is 0. The Bertz CT molecular complexity index is 407. The number of benzene rings is 1. The molecular weight excluding hydrogens is 216 g/mol. The van der Waals surface area contributed by atoms with E-state index in [1.54, 1.807) is 0 Å². The summed E-state index contributed by atoms with van der Waals surface area (Å²) in [6.07, 6.45) is -0.357. The SMILES string of the molecule is CON(C)C(=O)Cc1c(F)ccc(C)c1F. The number of hydrogen-bond donors (Lipinski definition) is 0. The first-order chi connectivity index (χ1) is 7.47. The van der Waals surface area contributed by atoms with E-state index in [1.807, 2.05) is 0 Å². The Morgan fingerprint density at radius 1 is 1.44 bits per heavy atom. The minimum absolute atomic E-state index is 0.228. The summed E-state index contributed by atoms with van der Waals surface area (Å²) in [4.78, 5) is 16.1. The summed E-state index contributed by atoms with van der Waals surface area (Å²) in [5.74, 6) is -1.91. The van der Waals surface area contributed by atoms with Crippen LogP contribution in [0, 0.1) is 18.6 Å². The molecule has 1 aromatic rings. The van der Waals surface area contributed by atoms with Crippen LogP contribution in [-0.4, -0.2) is 25.1 Å². The van der Waals surface area contributed by atoms with Gasteiger partial charge in [0.2, 0.25) is 5.91 Å². The number of likely N-dealkylation sites (N-methyl/N-ethyl adjacent to an activating group) is 1. The number of amides is 1. The molecule has 0 saturated carbocycles. The van der Waals surface area contributed by atoms with Crippen molar-refractivity contribution in [1.82, 2.24) is 5.06 Å². The first-order valence-electron chi connectivity index (χ1n) is 4.71. The largest absolute Gasteiger partial charge is 0.275 e. The third-order valence-electron chi connectivity index (χ3n) is 2.33. The van der Waals surface area contributed by atoms with Crippen LogP contribution in [0.25, 0.3) is 0 Å². The number of carbonyl (C=O) groups is 1. The molecule has 0 fully saturated rings. The van der Waals surface area contributed by atoms with Gasteiger partial charge in [-0.3, -0.25) is 9.63 Å². The van der Waals surface area contributed by atoms with Crippen molar-refractivity contribution in [2.75, 3.05) is 14.2 Å². The maximum absolute atomic E-state index is 13.5. The van der Waals surface area contributed by atoms with E-state index in [0.717, 1.165) is 11.1 Å². The van der Waals surface area contributed by atoms with Crippen LogP contribution in [0.3, 0.4) is 0 Å². The van der Waals surface area contributed by atoms with E-state index in [9.17, 15) is 13.6 Å². The zero-order valence-corrected chi connectivity index (χ0v) is 9.38. The molecule has 0 atom stereocenters. The number of carbonyl (C=O) groups excluding carboxylic acids is 1. The number of nitrogens with zero attached hydrogens (tertiary/aromatic N) is 1. The van der Waals surface area contributed by atoms with Crippen molar-refractivity contribution in [3.8, 4) is 0 Å². The third-order valence-corrected chi connectivity index (χ3v) is 2.33. The topological polar surface area (TPSA) is 29.5 Å². The van der Waals surface area contributed by atoms with Crippen LogP contribution in [0.5, 0.6) is 0 Å². The van der Waals surface area contributed by atoms with Gasteiger partial charge in [0.05, 0.1) is 13.5 Å². The molecule has 88 valence electrons. The molecule has 0 bridgehead atoms. The van der Waals surface area contributed by atoms with Gasteiger partial charge in [-0.1, -0.05) is 6.07 Å². The van der Waals surface area contributed by atoms with Crippen LogP contribution in [-0.2, 0) is 16.1 Å². The van der Waals surface area contributed by atoms with Crippen molar-refractivity contribution in [3.63, 3.8) is 0 Å². The van der Waals surface area contributed by atoms with E-state index >= 15 is 0 Å². The zero-order chi connectivity index (χ0) is 12.3. The highest BCUT2D eigenvalue weighted by Crippen LogP contribution is 2.17. The van der Waals surface area contributed by atoms with Crippen molar-refractivity contribution in [2.24, 2.45) is 0 Å². The minimum Gasteiger partial charge on any atom is -0.275 e. The normalized spacial score (nSPS) is 10.3. The van der Waals surface area contributed by atoms with Gasteiger partial charge in [-0.15, -0.1) is 0 Å². The van der Waals surface area contributed by atoms with Gasteiger partial charge < -0.3 is 0 Å². The smallest absolute Gasteiger partial charge is 0.250 e. The Kier molecular flexibility index (Phi) is 3.95. The second-order valence-corrected chi connectivity index (χ2v) is 3.41. The molecule has 0 aliphatic carbocycles. The van der Waals surface area contributed by atoms with Gasteiger partial charge in [0, 0.05) is 12.6 Å². The Morgan fingerprint density at radius 3 is 2.62 bits per heavy atom. The average molecular weight is 229 g/mol. The van der Waals surface area contributed by atoms with Gasteiger partial charge >= 0.3 is 0 Å². The Labute approximate surface area is 92.6 Å². The predicted molar refractivity (Wildman–Crippen MR) is 54.6 cm³/mol. The predicted octanol–water partition coefficient (Wildman–Crippen LogP) is 1.84. The van der Waals surface area contributed by atoms with Crippen LogP contribution < -0.4 is 0 Å². The molecule has 1 amide bonds. The number of aryl methyl sites for hydroxylation is 1. The number of hydrogen-bond acceptors (Lipinski definition) is 2. The number of rotatable bonds is 3. The van der Waals surface area contributed by atoms with E-state index in [1.165, 1.54) is 27.1 Å². The Morgan fingerprint density at radius 2 is 2.06 bits per heavy atom. The van der Waals surface area contributed by atoms with Crippen molar-refractivity contribution < 1.29 is 18.4 Å². The van der Waals surface area contributed by atoms with E-state index in [2.05, 4.69) is 4.84 Å². The van der Waals surface area contributed by atoms with Gasteiger partial charge in [0.1, 0.15) is 11.6 Å². The first kappa shape index (κ1) is 12.6. The van der Waals surface area contributed by atoms with Gasteiger partial charge in [-0.25, -0.2) is 13.8 Å². The summed E-state index contributed by atoms with van der Waals surface area (Å²) in [7, 11) is 2.69. The molecule has 1 rings (SSSR count). The fourth-order valence-corrected chi connectivity index (χ4v) is 1.24. The molecule has 5 heteroatoms. The fourth-order valence-electron chi connectivity index (χ4n) is 1.24. The average Bonchev–Trinajstić information content (AvgIpc) is 2.28.